The maximum atomic E-state index is 11.8. The maximum Gasteiger partial charge on any atom is 0.272 e. The van der Waals surface area contributed by atoms with E-state index in [9.17, 15) is 14.9 Å². The first-order valence-corrected chi connectivity index (χ1v) is 6.19. The summed E-state index contributed by atoms with van der Waals surface area (Å²) in [5, 5.41) is 22.6. The highest BCUT2D eigenvalue weighted by atomic mass is 16.6. The first-order valence-electron chi connectivity index (χ1n) is 6.19. The lowest BCUT2D eigenvalue weighted by Crippen LogP contribution is -2.26. The average molecular weight is 271 g/mol. The summed E-state index contributed by atoms with van der Waals surface area (Å²) in [5.74, 6) is -0.432. The standard InChI is InChI=1S/C14H13N3O3/c1-9-2-3-10(7-13(9)17(19)20)6-11(8-15)14(18)16-12-4-5-12/h2-3,6-7,12H,4-5H2,1H3,(H,16,18)/b11-6+. The molecule has 1 saturated carbocycles. The van der Waals surface area contributed by atoms with Crippen LogP contribution in [0, 0.1) is 28.4 Å². The van der Waals surface area contributed by atoms with Gasteiger partial charge in [0.15, 0.2) is 0 Å². The molecule has 20 heavy (non-hydrogen) atoms. The van der Waals surface area contributed by atoms with Crippen LogP contribution in [0.2, 0.25) is 0 Å². The number of benzene rings is 1. The molecule has 1 aliphatic rings. The molecule has 6 nitrogen and oxygen atoms in total. The minimum atomic E-state index is -0.483. The molecule has 1 aromatic carbocycles. The fraction of sp³-hybridized carbons (Fsp3) is 0.286. The minimum absolute atomic E-state index is 0.0290. The zero-order valence-corrected chi connectivity index (χ0v) is 10.9. The highest BCUT2D eigenvalue weighted by Crippen LogP contribution is 2.22. The molecular weight excluding hydrogens is 258 g/mol. The molecule has 1 amide bonds. The molecule has 1 N–H and O–H groups in total. The summed E-state index contributed by atoms with van der Waals surface area (Å²) in [5.41, 5.74) is 0.923. The molecule has 0 radical (unpaired) electrons. The average Bonchev–Trinajstić information content (AvgIpc) is 3.21. The lowest BCUT2D eigenvalue weighted by molar-refractivity contribution is -0.385. The molecule has 0 atom stereocenters. The normalized spacial score (nSPS) is 14.5. The number of hydrogen-bond donors (Lipinski definition) is 1. The molecule has 1 aliphatic carbocycles. The Morgan fingerprint density at radius 2 is 2.25 bits per heavy atom. The zero-order valence-electron chi connectivity index (χ0n) is 10.9. The second kappa shape index (κ2) is 5.53. The minimum Gasteiger partial charge on any atom is -0.349 e. The van der Waals surface area contributed by atoms with Crippen molar-refractivity contribution in [1.29, 1.82) is 5.26 Å². The van der Waals surface area contributed by atoms with Crippen LogP contribution in [0.3, 0.4) is 0 Å². The Bertz CT molecular complexity index is 640. The van der Waals surface area contributed by atoms with E-state index in [4.69, 9.17) is 5.26 Å². The number of nitriles is 1. The van der Waals surface area contributed by atoms with Crippen molar-refractivity contribution in [3.8, 4) is 6.07 Å². The van der Waals surface area contributed by atoms with Gasteiger partial charge in [0, 0.05) is 17.7 Å². The Hall–Kier alpha value is -2.68. The Morgan fingerprint density at radius 3 is 2.80 bits per heavy atom. The van der Waals surface area contributed by atoms with E-state index < -0.39 is 10.8 Å². The number of nitrogens with zero attached hydrogens (tertiary/aromatic N) is 2. The van der Waals surface area contributed by atoms with E-state index in [1.54, 1.807) is 19.1 Å². The van der Waals surface area contributed by atoms with E-state index in [-0.39, 0.29) is 17.3 Å². The Labute approximate surface area is 115 Å². The Kier molecular flexibility index (Phi) is 3.80. The number of nitro groups is 1. The van der Waals surface area contributed by atoms with Gasteiger partial charge in [-0.15, -0.1) is 0 Å². The molecule has 1 fully saturated rings. The largest absolute Gasteiger partial charge is 0.349 e. The first kappa shape index (κ1) is 13.7. The number of hydrogen-bond acceptors (Lipinski definition) is 4. The third kappa shape index (κ3) is 3.20. The SMILES string of the molecule is Cc1ccc(/C=C(\C#N)C(=O)NC2CC2)cc1[N+](=O)[O-]. The predicted molar refractivity (Wildman–Crippen MR) is 72.6 cm³/mol. The third-order valence-corrected chi connectivity index (χ3v) is 3.02. The third-order valence-electron chi connectivity index (χ3n) is 3.02. The number of carbonyl (C=O) groups excluding carboxylic acids is 1. The monoisotopic (exact) mass is 271 g/mol. The van der Waals surface area contributed by atoms with Crippen LogP contribution in [0.15, 0.2) is 23.8 Å². The van der Waals surface area contributed by atoms with Crippen molar-refractivity contribution in [3.63, 3.8) is 0 Å². The van der Waals surface area contributed by atoms with Crippen molar-refractivity contribution < 1.29 is 9.72 Å². The summed E-state index contributed by atoms with van der Waals surface area (Å²) in [6.07, 6.45) is 3.23. The molecule has 0 spiro atoms. The zero-order chi connectivity index (χ0) is 14.7. The molecule has 0 bridgehead atoms. The highest BCUT2D eigenvalue weighted by molar-refractivity contribution is 6.02. The van der Waals surface area contributed by atoms with Gasteiger partial charge < -0.3 is 5.32 Å². The molecule has 0 saturated heterocycles. The second-order valence-corrected chi connectivity index (χ2v) is 4.72. The number of amides is 1. The first-order chi connectivity index (χ1) is 9.51. The van der Waals surface area contributed by atoms with Crippen LogP contribution in [0.1, 0.15) is 24.0 Å². The van der Waals surface area contributed by atoms with Gasteiger partial charge in [-0.2, -0.15) is 5.26 Å². The van der Waals surface area contributed by atoms with E-state index in [1.807, 2.05) is 6.07 Å². The smallest absolute Gasteiger partial charge is 0.272 e. The van der Waals surface area contributed by atoms with E-state index >= 15 is 0 Å². The number of nitrogens with one attached hydrogen (secondary N) is 1. The summed E-state index contributed by atoms with van der Waals surface area (Å²) in [6, 6.07) is 6.58. The number of rotatable bonds is 4. The fourth-order valence-electron chi connectivity index (χ4n) is 1.72. The Morgan fingerprint density at radius 1 is 1.55 bits per heavy atom. The molecule has 0 aromatic heterocycles. The lowest BCUT2D eigenvalue weighted by Gasteiger charge is -2.02. The fourth-order valence-corrected chi connectivity index (χ4v) is 1.72. The molecule has 6 heteroatoms. The van der Waals surface area contributed by atoms with Crippen molar-refractivity contribution >= 4 is 17.7 Å². The van der Waals surface area contributed by atoms with Gasteiger partial charge in [0.2, 0.25) is 0 Å². The van der Waals surface area contributed by atoms with Crippen molar-refractivity contribution in [2.75, 3.05) is 0 Å². The van der Waals surface area contributed by atoms with Gasteiger partial charge in [-0.1, -0.05) is 12.1 Å². The summed E-state index contributed by atoms with van der Waals surface area (Å²) >= 11 is 0. The molecule has 0 heterocycles. The lowest BCUT2D eigenvalue weighted by atomic mass is 10.1. The van der Waals surface area contributed by atoms with Crippen molar-refractivity contribution in [1.82, 2.24) is 5.32 Å². The number of aryl methyl sites for hydroxylation is 1. The van der Waals surface area contributed by atoms with Crippen molar-refractivity contribution in [2.24, 2.45) is 0 Å². The van der Waals surface area contributed by atoms with E-state index in [1.165, 1.54) is 12.1 Å². The van der Waals surface area contributed by atoms with E-state index in [0.717, 1.165) is 12.8 Å². The predicted octanol–water partition coefficient (Wildman–Crippen LogP) is 2.09. The van der Waals surface area contributed by atoms with Crippen LogP contribution < -0.4 is 5.32 Å². The molecule has 102 valence electrons. The van der Waals surface area contributed by atoms with Gasteiger partial charge >= 0.3 is 0 Å². The number of carbonyl (C=O) groups is 1. The maximum absolute atomic E-state index is 11.8. The van der Waals surface area contributed by atoms with Crippen LogP contribution in [0.5, 0.6) is 0 Å². The van der Waals surface area contributed by atoms with Gasteiger partial charge in [-0.05, 0) is 31.4 Å². The van der Waals surface area contributed by atoms with Crippen LogP contribution >= 0.6 is 0 Å². The van der Waals surface area contributed by atoms with Gasteiger partial charge in [-0.25, -0.2) is 0 Å². The van der Waals surface area contributed by atoms with Crippen LogP contribution in [0.4, 0.5) is 5.69 Å². The van der Waals surface area contributed by atoms with E-state index in [0.29, 0.717) is 11.1 Å². The summed E-state index contributed by atoms with van der Waals surface area (Å²) < 4.78 is 0. The summed E-state index contributed by atoms with van der Waals surface area (Å²) in [6.45, 7) is 1.64. The summed E-state index contributed by atoms with van der Waals surface area (Å²) in [4.78, 5) is 22.2. The van der Waals surface area contributed by atoms with Crippen molar-refractivity contribution in [2.45, 2.75) is 25.8 Å². The van der Waals surface area contributed by atoms with E-state index in [2.05, 4.69) is 5.32 Å². The second-order valence-electron chi connectivity index (χ2n) is 4.72. The molecule has 0 aliphatic heterocycles. The topological polar surface area (TPSA) is 96.0 Å². The van der Waals surface area contributed by atoms with Crippen LogP contribution in [0.25, 0.3) is 6.08 Å². The van der Waals surface area contributed by atoms with Crippen LogP contribution in [-0.4, -0.2) is 16.9 Å². The molecular formula is C14H13N3O3. The molecule has 2 rings (SSSR count). The van der Waals surface area contributed by atoms with Crippen molar-refractivity contribution in [3.05, 3.63) is 45.0 Å². The van der Waals surface area contributed by atoms with Gasteiger partial charge in [0.1, 0.15) is 11.6 Å². The molecule has 0 unspecified atom stereocenters. The quantitative estimate of drug-likeness (QED) is 0.392. The van der Waals surface area contributed by atoms with Gasteiger partial charge in [-0.3, -0.25) is 14.9 Å². The molecule has 1 aromatic rings. The number of nitro benzene ring substituents is 1. The highest BCUT2D eigenvalue weighted by Gasteiger charge is 2.24. The Balaban J connectivity index is 2.27. The van der Waals surface area contributed by atoms with Crippen LogP contribution in [-0.2, 0) is 4.79 Å². The van der Waals surface area contributed by atoms with Gasteiger partial charge in [0.05, 0.1) is 4.92 Å². The summed E-state index contributed by atoms with van der Waals surface area (Å²) in [7, 11) is 0. The van der Waals surface area contributed by atoms with Gasteiger partial charge in [0.25, 0.3) is 11.6 Å².